The largest absolute Gasteiger partial charge is 0.507 e. The molecule has 57 heavy (non-hydrogen) atoms. The van der Waals surface area contributed by atoms with Crippen LogP contribution in [0.3, 0.4) is 0 Å². The molecule has 4 aromatic carbocycles. The SMILES string of the molecule is COC(=O)c1ccc2cccc(NCc3c4oc5c(CNc6cccc7ccc(C(C)=O)nc67)c(O)ccc5c(-c5ccccc5C(C)=O)c-4cc(Cl)c3=O)c2n1. The topological polar surface area (TPSA) is 161 Å². The lowest BCUT2D eigenvalue weighted by molar-refractivity contribution is 0.0594. The summed E-state index contributed by atoms with van der Waals surface area (Å²) in [6.07, 6.45) is 0. The van der Waals surface area contributed by atoms with E-state index in [1.807, 2.05) is 48.5 Å². The number of halogens is 1. The Labute approximate surface area is 330 Å². The molecule has 1 aliphatic heterocycles. The number of benzene rings is 5. The summed E-state index contributed by atoms with van der Waals surface area (Å²) >= 11 is 6.72. The van der Waals surface area contributed by atoms with Gasteiger partial charge in [-0.1, -0.05) is 72.3 Å². The van der Waals surface area contributed by atoms with Crippen molar-refractivity contribution in [1.29, 1.82) is 0 Å². The Kier molecular flexibility index (Phi) is 9.60. The fraction of sp³-hybridized carbons (Fsp3) is 0.111. The van der Waals surface area contributed by atoms with Crippen LogP contribution >= 0.6 is 11.6 Å². The number of aromatic nitrogens is 2. The second-order valence-electron chi connectivity index (χ2n) is 13.5. The highest BCUT2D eigenvalue weighted by Gasteiger charge is 2.28. The van der Waals surface area contributed by atoms with Crippen molar-refractivity contribution >= 4 is 73.3 Å². The zero-order chi connectivity index (χ0) is 40.0. The summed E-state index contributed by atoms with van der Waals surface area (Å²) in [4.78, 5) is 60.8. The van der Waals surface area contributed by atoms with Crippen LogP contribution in [-0.2, 0) is 17.8 Å². The number of carbonyl (C=O) groups excluding carboxylic acids is 3. The van der Waals surface area contributed by atoms with E-state index in [9.17, 15) is 24.3 Å². The zero-order valence-electron chi connectivity index (χ0n) is 30.9. The molecule has 2 aromatic heterocycles. The predicted molar refractivity (Wildman–Crippen MR) is 221 cm³/mol. The molecule has 3 heterocycles. The molecule has 1 aliphatic carbocycles. The molecule has 0 atom stereocenters. The number of methoxy groups -OCH3 is 1. The molecule has 8 rings (SSSR count). The third-order valence-electron chi connectivity index (χ3n) is 9.94. The molecule has 0 spiro atoms. The number of esters is 1. The smallest absolute Gasteiger partial charge is 0.356 e. The molecule has 0 bridgehead atoms. The summed E-state index contributed by atoms with van der Waals surface area (Å²) in [5.41, 5.74) is 5.03. The van der Waals surface area contributed by atoms with Crippen molar-refractivity contribution in [2.45, 2.75) is 26.9 Å². The van der Waals surface area contributed by atoms with Gasteiger partial charge in [0, 0.05) is 52.9 Å². The lowest BCUT2D eigenvalue weighted by Crippen LogP contribution is -2.17. The highest BCUT2D eigenvalue weighted by atomic mass is 35.5. The minimum Gasteiger partial charge on any atom is -0.507 e. The number of phenols is 1. The second kappa shape index (κ2) is 14.9. The number of nitrogens with one attached hydrogen (secondary N) is 2. The van der Waals surface area contributed by atoms with Gasteiger partial charge >= 0.3 is 5.97 Å². The number of hydrogen-bond donors (Lipinski definition) is 3. The highest BCUT2D eigenvalue weighted by molar-refractivity contribution is 6.31. The molecule has 0 saturated carbocycles. The lowest BCUT2D eigenvalue weighted by atomic mass is 9.87. The van der Waals surface area contributed by atoms with E-state index < -0.39 is 11.4 Å². The number of fused-ring (bicyclic) bond motifs is 4. The number of rotatable bonds is 10. The molecule has 3 N–H and O–H groups in total. The van der Waals surface area contributed by atoms with Gasteiger partial charge in [0.15, 0.2) is 11.6 Å². The molecule has 6 aromatic rings. The third-order valence-corrected chi connectivity index (χ3v) is 10.2. The highest BCUT2D eigenvalue weighted by Crippen LogP contribution is 2.46. The number of pyridine rings is 2. The number of para-hydroxylation sites is 2. The van der Waals surface area contributed by atoms with Crippen molar-refractivity contribution in [2.24, 2.45) is 0 Å². The zero-order valence-corrected chi connectivity index (χ0v) is 31.7. The summed E-state index contributed by atoms with van der Waals surface area (Å²) < 4.78 is 11.6. The van der Waals surface area contributed by atoms with E-state index in [-0.39, 0.29) is 58.0 Å². The fourth-order valence-corrected chi connectivity index (χ4v) is 7.36. The predicted octanol–water partition coefficient (Wildman–Crippen LogP) is 9.44. The van der Waals surface area contributed by atoms with Gasteiger partial charge in [0.1, 0.15) is 28.5 Å². The number of aromatic hydroxyl groups is 1. The molecule has 0 amide bonds. The maximum absolute atomic E-state index is 14.0. The summed E-state index contributed by atoms with van der Waals surface area (Å²) in [5, 5.41) is 20.2. The first kappa shape index (κ1) is 36.8. The molecule has 11 nitrogen and oxygen atoms in total. The number of ketones is 2. The van der Waals surface area contributed by atoms with Gasteiger partial charge in [-0.05, 0) is 55.0 Å². The normalized spacial score (nSPS) is 11.3. The van der Waals surface area contributed by atoms with Gasteiger partial charge in [0.25, 0.3) is 0 Å². The summed E-state index contributed by atoms with van der Waals surface area (Å²) in [6.45, 7) is 2.91. The molecule has 0 radical (unpaired) electrons. The van der Waals surface area contributed by atoms with Gasteiger partial charge < -0.3 is 24.9 Å². The van der Waals surface area contributed by atoms with Crippen molar-refractivity contribution in [1.82, 2.24) is 9.97 Å². The minimum atomic E-state index is -0.593. The first-order chi connectivity index (χ1) is 27.5. The van der Waals surface area contributed by atoms with Crippen LogP contribution in [0.25, 0.3) is 55.2 Å². The first-order valence-electron chi connectivity index (χ1n) is 17.9. The average molecular weight is 777 g/mol. The van der Waals surface area contributed by atoms with E-state index in [0.717, 1.165) is 10.8 Å². The number of hydrogen-bond acceptors (Lipinski definition) is 11. The van der Waals surface area contributed by atoms with Crippen LogP contribution < -0.4 is 16.1 Å². The summed E-state index contributed by atoms with van der Waals surface area (Å²) in [5.74, 6) is -0.838. The molecule has 0 saturated heterocycles. The fourth-order valence-electron chi connectivity index (χ4n) is 7.14. The Bertz CT molecular complexity index is 3000. The maximum Gasteiger partial charge on any atom is 0.356 e. The summed E-state index contributed by atoms with van der Waals surface area (Å²) in [7, 11) is 1.28. The van der Waals surface area contributed by atoms with Crippen LogP contribution in [0.1, 0.15) is 56.3 Å². The molecular formula is C45H33ClN4O7. The monoisotopic (exact) mass is 776 g/mol. The quantitative estimate of drug-likeness (QED) is 0.0689. The minimum absolute atomic E-state index is 0.0483. The average Bonchev–Trinajstić information content (AvgIpc) is 3.22. The first-order valence-corrected chi connectivity index (χ1v) is 18.3. The molecular weight excluding hydrogens is 744 g/mol. The molecule has 282 valence electrons. The van der Waals surface area contributed by atoms with E-state index in [1.165, 1.54) is 21.0 Å². The van der Waals surface area contributed by atoms with Gasteiger partial charge in [0.05, 0.1) is 45.7 Å². The van der Waals surface area contributed by atoms with E-state index in [1.54, 1.807) is 54.6 Å². The van der Waals surface area contributed by atoms with Gasteiger partial charge in [-0.25, -0.2) is 14.8 Å². The van der Waals surface area contributed by atoms with Crippen LogP contribution in [0.5, 0.6) is 5.75 Å². The van der Waals surface area contributed by atoms with Crippen molar-refractivity contribution < 1.29 is 28.6 Å². The van der Waals surface area contributed by atoms with E-state index in [0.29, 0.717) is 61.3 Å². The number of carbonyl (C=O) groups is 3. The second-order valence-corrected chi connectivity index (χ2v) is 13.9. The molecule has 0 unspecified atom stereocenters. The standard InChI is InChI=1S/C45H33ClN4O7/c1-23(51)27-10-4-5-11-28(27)39-29-16-19-38(53)31(21-47-35-12-6-8-25-14-17-34(24(2)52)49-40(25)35)43(29)57-44-30(39)20-33(46)42(54)32(44)22-48-36-13-7-9-26-15-18-37(45(55)56-3)50-41(26)36/h4-20,47-48,53H,21-22H2,1-3H3. The van der Waals surface area contributed by atoms with Crippen LogP contribution in [0.2, 0.25) is 5.02 Å². The van der Waals surface area contributed by atoms with Crippen molar-refractivity contribution in [3.63, 3.8) is 0 Å². The van der Waals surface area contributed by atoms with Crippen LogP contribution in [0, 0.1) is 0 Å². The van der Waals surface area contributed by atoms with E-state index >= 15 is 0 Å². The number of anilines is 2. The number of nitrogens with zero attached hydrogens (tertiary/aromatic N) is 2. The molecule has 2 aliphatic rings. The lowest BCUT2D eigenvalue weighted by Gasteiger charge is -2.22. The van der Waals surface area contributed by atoms with Crippen LogP contribution in [-0.4, -0.2) is 39.7 Å². The van der Waals surface area contributed by atoms with Crippen LogP contribution in [0.4, 0.5) is 11.4 Å². The Balaban J connectivity index is 1.33. The Morgan fingerprint density at radius 1 is 0.737 bits per heavy atom. The van der Waals surface area contributed by atoms with Gasteiger partial charge in [-0.2, -0.15) is 0 Å². The summed E-state index contributed by atoms with van der Waals surface area (Å²) in [6, 6.07) is 29.8. The van der Waals surface area contributed by atoms with Crippen molar-refractivity contribution in [2.75, 3.05) is 17.7 Å². The third kappa shape index (κ3) is 6.68. The Morgan fingerprint density at radius 3 is 2.02 bits per heavy atom. The van der Waals surface area contributed by atoms with Gasteiger partial charge in [-0.3, -0.25) is 14.4 Å². The van der Waals surface area contributed by atoms with Gasteiger partial charge in [-0.15, -0.1) is 0 Å². The Hall–Kier alpha value is -7.11. The molecule has 0 fully saturated rings. The van der Waals surface area contributed by atoms with E-state index in [4.69, 9.17) is 20.8 Å². The number of phenolic OH excluding ortho intramolecular Hbond substituents is 1. The van der Waals surface area contributed by atoms with Crippen LogP contribution in [0.15, 0.2) is 112 Å². The van der Waals surface area contributed by atoms with Crippen molar-refractivity contribution in [3.8, 4) is 28.2 Å². The van der Waals surface area contributed by atoms with E-state index in [2.05, 4.69) is 20.6 Å². The van der Waals surface area contributed by atoms with Gasteiger partial charge in [0.2, 0.25) is 5.43 Å². The number of Topliss-reactive ketones (excluding diaryl/α,β-unsaturated/α-hetero) is 2. The van der Waals surface area contributed by atoms with Crippen molar-refractivity contribution in [3.05, 3.63) is 146 Å². The maximum atomic E-state index is 14.0. The molecule has 12 heteroatoms. The number of ether oxygens (including phenoxy) is 1. The Morgan fingerprint density at radius 2 is 1.37 bits per heavy atom.